The fraction of sp³-hybridized carbons (Fsp3) is 0.100. The van der Waals surface area contributed by atoms with Gasteiger partial charge < -0.3 is 0 Å². The van der Waals surface area contributed by atoms with Gasteiger partial charge in [0.25, 0.3) is 0 Å². The molecule has 3 aromatic rings. The van der Waals surface area contributed by atoms with Gasteiger partial charge in [0.05, 0.1) is 0 Å². The fourth-order valence-corrected chi connectivity index (χ4v) is 4.16. The molecule has 0 radical (unpaired) electrons. The SMILES string of the molecule is O=CC(=O)C1NCSC1=Cc1c2ccccc2cc2ccccc12. The van der Waals surface area contributed by atoms with Crippen molar-refractivity contribution in [1.29, 1.82) is 0 Å². The topological polar surface area (TPSA) is 46.2 Å². The zero-order chi connectivity index (χ0) is 16.5. The molecule has 1 atom stereocenters. The normalized spacial score (nSPS) is 19.2. The van der Waals surface area contributed by atoms with Gasteiger partial charge in [-0.3, -0.25) is 14.9 Å². The lowest BCUT2D eigenvalue weighted by Crippen LogP contribution is -2.32. The molecule has 0 bridgehead atoms. The van der Waals surface area contributed by atoms with Crippen LogP contribution >= 0.6 is 11.8 Å². The Kier molecular flexibility index (Phi) is 3.92. The summed E-state index contributed by atoms with van der Waals surface area (Å²) in [4.78, 5) is 23.6. The number of hydrogen-bond donors (Lipinski definition) is 1. The molecule has 1 saturated heterocycles. The predicted molar refractivity (Wildman–Crippen MR) is 99.9 cm³/mol. The van der Waals surface area contributed by atoms with E-state index in [1.54, 1.807) is 11.8 Å². The molecule has 0 saturated carbocycles. The monoisotopic (exact) mass is 333 g/mol. The first-order chi connectivity index (χ1) is 11.8. The minimum Gasteiger partial charge on any atom is -0.295 e. The largest absolute Gasteiger partial charge is 0.295 e. The molecular weight excluding hydrogens is 318 g/mol. The van der Waals surface area contributed by atoms with Crippen LogP contribution in [-0.4, -0.2) is 24.0 Å². The lowest BCUT2D eigenvalue weighted by molar-refractivity contribution is -0.130. The van der Waals surface area contributed by atoms with E-state index in [0.717, 1.165) is 32.0 Å². The fourth-order valence-electron chi connectivity index (χ4n) is 3.17. The van der Waals surface area contributed by atoms with Crippen LogP contribution in [-0.2, 0) is 9.59 Å². The molecular formula is C20H15NO2S. The molecule has 1 aliphatic heterocycles. The van der Waals surface area contributed by atoms with Gasteiger partial charge in [0.1, 0.15) is 6.04 Å². The number of benzene rings is 3. The Bertz CT molecular complexity index is 939. The number of carbonyl (C=O) groups excluding carboxylic acids is 2. The van der Waals surface area contributed by atoms with Crippen molar-refractivity contribution in [3.63, 3.8) is 0 Å². The summed E-state index contributed by atoms with van der Waals surface area (Å²) in [5.74, 6) is 0.217. The molecule has 1 N–H and O–H groups in total. The predicted octanol–water partition coefficient (Wildman–Crippen LogP) is 3.76. The number of fused-ring (bicyclic) bond motifs is 2. The Balaban J connectivity index is 1.98. The van der Waals surface area contributed by atoms with Crippen molar-refractivity contribution in [2.75, 3.05) is 5.88 Å². The summed E-state index contributed by atoms with van der Waals surface area (Å²) in [7, 11) is 0. The number of hydrogen-bond acceptors (Lipinski definition) is 4. The van der Waals surface area contributed by atoms with Gasteiger partial charge in [0, 0.05) is 10.8 Å². The number of rotatable bonds is 3. The van der Waals surface area contributed by atoms with E-state index in [0.29, 0.717) is 12.2 Å². The highest BCUT2D eigenvalue weighted by atomic mass is 32.2. The van der Waals surface area contributed by atoms with Crippen molar-refractivity contribution in [3.05, 3.63) is 65.1 Å². The van der Waals surface area contributed by atoms with E-state index in [4.69, 9.17) is 0 Å². The van der Waals surface area contributed by atoms with E-state index >= 15 is 0 Å². The third-order valence-electron chi connectivity index (χ3n) is 4.31. The van der Waals surface area contributed by atoms with Crippen molar-refractivity contribution in [3.8, 4) is 0 Å². The summed E-state index contributed by atoms with van der Waals surface area (Å²) < 4.78 is 0. The van der Waals surface area contributed by atoms with E-state index in [2.05, 4.69) is 41.7 Å². The van der Waals surface area contributed by atoms with E-state index in [-0.39, 0.29) is 0 Å². The average molecular weight is 333 g/mol. The lowest BCUT2D eigenvalue weighted by atomic mass is 9.96. The molecule has 3 nitrogen and oxygen atoms in total. The van der Waals surface area contributed by atoms with Crippen molar-refractivity contribution in [2.24, 2.45) is 0 Å². The molecule has 1 unspecified atom stereocenters. The number of ketones is 1. The van der Waals surface area contributed by atoms with E-state index < -0.39 is 11.8 Å². The smallest absolute Gasteiger partial charge is 0.217 e. The van der Waals surface area contributed by atoms with Crippen LogP contribution in [0.1, 0.15) is 5.56 Å². The quantitative estimate of drug-likeness (QED) is 0.450. The molecule has 3 aromatic carbocycles. The maximum Gasteiger partial charge on any atom is 0.217 e. The van der Waals surface area contributed by atoms with Crippen molar-refractivity contribution < 1.29 is 9.59 Å². The minimum absolute atomic E-state index is 0.401. The van der Waals surface area contributed by atoms with Crippen LogP contribution in [0.25, 0.3) is 27.6 Å². The summed E-state index contributed by atoms with van der Waals surface area (Å²) in [6, 6.07) is 18.1. The molecule has 1 fully saturated rings. The van der Waals surface area contributed by atoms with Gasteiger partial charge in [0.15, 0.2) is 6.29 Å². The minimum atomic E-state index is -0.523. The van der Waals surface area contributed by atoms with Crippen LogP contribution in [0, 0.1) is 0 Å². The first kappa shape index (κ1) is 15.1. The van der Waals surface area contributed by atoms with E-state index in [1.807, 2.05) is 24.3 Å². The van der Waals surface area contributed by atoms with Crippen molar-refractivity contribution >= 4 is 51.5 Å². The standard InChI is InChI=1S/C20H15NO2S/c22-11-18(23)20-19(24-12-21-20)10-17-15-7-3-1-5-13(15)9-14-6-2-4-8-16(14)17/h1-11,20-21H,12H2. The van der Waals surface area contributed by atoms with Crippen molar-refractivity contribution in [1.82, 2.24) is 5.32 Å². The third-order valence-corrected chi connectivity index (χ3v) is 5.31. The number of nitrogens with one attached hydrogen (secondary N) is 1. The Morgan fingerprint density at radius 3 is 2.29 bits per heavy atom. The Morgan fingerprint density at radius 1 is 1.04 bits per heavy atom. The summed E-state index contributed by atoms with van der Waals surface area (Å²) in [6.07, 6.45) is 2.46. The first-order valence-electron chi connectivity index (χ1n) is 7.75. The average Bonchev–Trinajstić information content (AvgIpc) is 3.09. The zero-order valence-corrected chi connectivity index (χ0v) is 13.7. The van der Waals surface area contributed by atoms with Crippen LogP contribution in [0.4, 0.5) is 0 Å². The summed E-state index contributed by atoms with van der Waals surface area (Å²) >= 11 is 1.58. The second-order valence-electron chi connectivity index (χ2n) is 5.73. The molecule has 0 aliphatic carbocycles. The Morgan fingerprint density at radius 2 is 1.67 bits per heavy atom. The second-order valence-corrected chi connectivity index (χ2v) is 6.77. The Hall–Kier alpha value is -2.43. The molecule has 0 spiro atoms. The molecule has 0 amide bonds. The molecule has 118 valence electrons. The van der Waals surface area contributed by atoms with E-state index in [1.165, 1.54) is 0 Å². The molecule has 4 heteroatoms. The number of carbonyl (C=O) groups is 2. The first-order valence-corrected chi connectivity index (χ1v) is 8.74. The number of Topliss-reactive ketones (excluding diaryl/α,β-unsaturated/α-hetero) is 1. The summed E-state index contributed by atoms with van der Waals surface area (Å²) in [5.41, 5.74) is 1.10. The van der Waals surface area contributed by atoms with Gasteiger partial charge in [0.2, 0.25) is 5.78 Å². The van der Waals surface area contributed by atoms with Gasteiger partial charge in [-0.25, -0.2) is 0 Å². The van der Waals surface area contributed by atoms with Gasteiger partial charge >= 0.3 is 0 Å². The molecule has 1 aliphatic rings. The molecule has 0 aromatic heterocycles. The van der Waals surface area contributed by atoms with E-state index in [9.17, 15) is 9.59 Å². The maximum absolute atomic E-state index is 11.9. The van der Waals surface area contributed by atoms with Gasteiger partial charge in [-0.2, -0.15) is 0 Å². The number of thioether (sulfide) groups is 1. The lowest BCUT2D eigenvalue weighted by Gasteiger charge is -2.11. The van der Waals surface area contributed by atoms with Crippen LogP contribution < -0.4 is 5.32 Å². The summed E-state index contributed by atoms with van der Waals surface area (Å²) in [6.45, 7) is 0. The van der Waals surface area contributed by atoms with Crippen LogP contribution in [0.2, 0.25) is 0 Å². The highest BCUT2D eigenvalue weighted by Crippen LogP contribution is 2.34. The van der Waals surface area contributed by atoms with Gasteiger partial charge in [-0.05, 0) is 39.3 Å². The highest BCUT2D eigenvalue weighted by Gasteiger charge is 2.27. The highest BCUT2D eigenvalue weighted by molar-refractivity contribution is 8.03. The number of aldehydes is 1. The van der Waals surface area contributed by atoms with Crippen LogP contribution in [0.5, 0.6) is 0 Å². The second kappa shape index (κ2) is 6.23. The van der Waals surface area contributed by atoms with Gasteiger partial charge in [-0.15, -0.1) is 11.8 Å². The van der Waals surface area contributed by atoms with Crippen molar-refractivity contribution in [2.45, 2.75) is 6.04 Å². The molecule has 1 heterocycles. The van der Waals surface area contributed by atoms with Crippen LogP contribution in [0.15, 0.2) is 59.5 Å². The Labute approximate surface area is 143 Å². The van der Waals surface area contributed by atoms with Crippen LogP contribution in [0.3, 0.4) is 0 Å². The van der Waals surface area contributed by atoms with Gasteiger partial charge in [-0.1, -0.05) is 48.5 Å². The zero-order valence-electron chi connectivity index (χ0n) is 12.9. The molecule has 4 rings (SSSR count). The molecule has 24 heavy (non-hydrogen) atoms. The maximum atomic E-state index is 11.9. The third kappa shape index (κ3) is 2.54. The summed E-state index contributed by atoms with van der Waals surface area (Å²) in [5, 5.41) is 7.71.